The van der Waals surface area contributed by atoms with E-state index < -0.39 is 0 Å². The molecule has 3 unspecified atom stereocenters. The Morgan fingerprint density at radius 3 is 1.96 bits per heavy atom. The van der Waals surface area contributed by atoms with Crippen molar-refractivity contribution in [3.8, 4) is 11.1 Å². The van der Waals surface area contributed by atoms with E-state index in [1.807, 2.05) is 12.4 Å². The van der Waals surface area contributed by atoms with Crippen molar-refractivity contribution in [1.29, 1.82) is 0 Å². The maximum absolute atomic E-state index is 4.28. The van der Waals surface area contributed by atoms with E-state index in [-0.39, 0.29) is 5.92 Å². The van der Waals surface area contributed by atoms with Gasteiger partial charge in [-0.3, -0.25) is 4.98 Å². The number of pyridine rings is 1. The van der Waals surface area contributed by atoms with E-state index >= 15 is 0 Å². The van der Waals surface area contributed by atoms with Crippen LogP contribution in [0.25, 0.3) is 54.6 Å². The monoisotopic (exact) mass is 617 g/mol. The molecule has 0 amide bonds. The first-order valence-corrected chi connectivity index (χ1v) is 17.1. The third kappa shape index (κ3) is 5.17. The number of allylic oxidation sites excluding steroid dienone is 12. The van der Waals surface area contributed by atoms with Crippen molar-refractivity contribution in [3.05, 3.63) is 186 Å². The molecule has 0 bridgehead atoms. The summed E-state index contributed by atoms with van der Waals surface area (Å²) in [6.07, 6.45) is 24.5. The molecular weight excluding hydrogens is 579 g/mol. The number of hydrogen-bond acceptors (Lipinski definition) is 1. The lowest BCUT2D eigenvalue weighted by Crippen LogP contribution is -2.12. The third-order valence-electron chi connectivity index (χ3n) is 10.2. The van der Waals surface area contributed by atoms with Crippen LogP contribution in [0.4, 0.5) is 0 Å². The lowest BCUT2D eigenvalue weighted by atomic mass is 9.78. The first-order chi connectivity index (χ1) is 23.6. The topological polar surface area (TPSA) is 12.9 Å². The van der Waals surface area contributed by atoms with Crippen molar-refractivity contribution in [2.45, 2.75) is 26.7 Å². The largest absolute Gasteiger partial charge is 0.265 e. The average Bonchev–Trinajstić information content (AvgIpc) is 3.13. The van der Waals surface area contributed by atoms with Crippen LogP contribution in [-0.4, -0.2) is 4.98 Å². The fraction of sp³-hybridized carbons (Fsp3) is 0.128. The Labute approximate surface area is 283 Å². The Bertz CT molecular complexity index is 2320. The van der Waals surface area contributed by atoms with Crippen molar-refractivity contribution < 1.29 is 0 Å². The van der Waals surface area contributed by atoms with Crippen LogP contribution in [0.2, 0.25) is 0 Å². The van der Waals surface area contributed by atoms with Gasteiger partial charge in [0.1, 0.15) is 0 Å². The summed E-state index contributed by atoms with van der Waals surface area (Å²) in [4.78, 5) is 4.28. The first-order valence-electron chi connectivity index (χ1n) is 17.1. The molecule has 0 N–H and O–H groups in total. The van der Waals surface area contributed by atoms with Crippen molar-refractivity contribution in [2.24, 2.45) is 11.8 Å². The number of rotatable bonds is 6. The molecule has 2 aliphatic carbocycles. The molecule has 232 valence electrons. The van der Waals surface area contributed by atoms with Gasteiger partial charge >= 0.3 is 0 Å². The van der Waals surface area contributed by atoms with Gasteiger partial charge < -0.3 is 0 Å². The molecule has 0 saturated carbocycles. The molecule has 3 atom stereocenters. The minimum absolute atomic E-state index is 0.180. The Morgan fingerprint density at radius 1 is 0.646 bits per heavy atom. The fourth-order valence-electron chi connectivity index (χ4n) is 7.92. The Hall–Kier alpha value is -5.53. The SMILES string of the molecule is C/C=C\C=C(\c1ccncc1)C(C)c1cccc2c(-c3c4ccccc4c(C4=CC5C=CC(C)=CC5C=C4)c4ccccc34)cccc12. The van der Waals surface area contributed by atoms with E-state index in [0.29, 0.717) is 11.8 Å². The molecule has 0 spiro atoms. The van der Waals surface area contributed by atoms with Crippen molar-refractivity contribution in [1.82, 2.24) is 4.98 Å². The maximum atomic E-state index is 4.28. The van der Waals surface area contributed by atoms with Crippen LogP contribution in [-0.2, 0) is 0 Å². The van der Waals surface area contributed by atoms with E-state index in [9.17, 15) is 0 Å². The first kappa shape index (κ1) is 29.8. The standard InChI is InChI=1S/C47H39N/c1-4-5-12-37(33-25-27-48-28-26-33)32(3)38-17-10-19-40-39(38)18-11-20-41(40)47-44-15-8-6-13-42(44)46(43-14-7-9-16-45(43)47)36-24-23-34-29-31(2)21-22-35(34)30-36/h4-30,32,34-35H,1-3H3/b5-4-,37-12+. The summed E-state index contributed by atoms with van der Waals surface area (Å²) in [6, 6.07) is 35.9. The second kappa shape index (κ2) is 12.6. The molecular formula is C47H39N. The molecule has 1 heterocycles. The molecule has 48 heavy (non-hydrogen) atoms. The zero-order chi connectivity index (χ0) is 32.6. The molecule has 8 rings (SSSR count). The van der Waals surface area contributed by atoms with E-state index in [2.05, 4.69) is 178 Å². The van der Waals surface area contributed by atoms with Crippen LogP contribution in [0.15, 0.2) is 170 Å². The number of aromatic nitrogens is 1. The Kier molecular flexibility index (Phi) is 7.82. The number of fused-ring (bicyclic) bond motifs is 4. The molecule has 5 aromatic carbocycles. The second-order valence-electron chi connectivity index (χ2n) is 13.1. The van der Waals surface area contributed by atoms with Crippen molar-refractivity contribution in [2.75, 3.05) is 0 Å². The summed E-state index contributed by atoms with van der Waals surface area (Å²) in [5.74, 6) is 0.984. The summed E-state index contributed by atoms with van der Waals surface area (Å²) in [5.41, 5.74) is 10.3. The number of benzene rings is 5. The van der Waals surface area contributed by atoms with Crippen LogP contribution < -0.4 is 0 Å². The minimum Gasteiger partial charge on any atom is -0.265 e. The number of hydrogen-bond donors (Lipinski definition) is 0. The zero-order valence-corrected chi connectivity index (χ0v) is 27.8. The van der Waals surface area contributed by atoms with Gasteiger partial charge in [0, 0.05) is 30.1 Å². The van der Waals surface area contributed by atoms with Gasteiger partial charge in [0.2, 0.25) is 0 Å². The zero-order valence-electron chi connectivity index (χ0n) is 27.8. The van der Waals surface area contributed by atoms with E-state index in [0.717, 1.165) is 0 Å². The summed E-state index contributed by atoms with van der Waals surface area (Å²) >= 11 is 0. The molecule has 0 radical (unpaired) electrons. The van der Waals surface area contributed by atoms with Crippen LogP contribution in [0.5, 0.6) is 0 Å². The summed E-state index contributed by atoms with van der Waals surface area (Å²) in [5, 5.41) is 7.73. The van der Waals surface area contributed by atoms with Crippen LogP contribution in [0, 0.1) is 11.8 Å². The summed E-state index contributed by atoms with van der Waals surface area (Å²) in [6.45, 7) is 6.58. The molecule has 0 saturated heterocycles. The normalized spacial score (nSPS) is 18.4. The van der Waals surface area contributed by atoms with Crippen molar-refractivity contribution in [3.63, 3.8) is 0 Å². The quantitative estimate of drug-likeness (QED) is 0.134. The van der Waals surface area contributed by atoms with E-state index in [1.54, 1.807) is 0 Å². The molecule has 1 heteroatoms. The fourth-order valence-corrected chi connectivity index (χ4v) is 7.92. The summed E-state index contributed by atoms with van der Waals surface area (Å²) < 4.78 is 0. The lowest BCUT2D eigenvalue weighted by molar-refractivity contribution is 0.657. The predicted octanol–water partition coefficient (Wildman–Crippen LogP) is 12.7. The highest BCUT2D eigenvalue weighted by Gasteiger charge is 2.24. The van der Waals surface area contributed by atoms with E-state index in [4.69, 9.17) is 0 Å². The van der Waals surface area contributed by atoms with Gasteiger partial charge in [0.25, 0.3) is 0 Å². The Balaban J connectivity index is 1.35. The van der Waals surface area contributed by atoms with Gasteiger partial charge in [0.15, 0.2) is 0 Å². The molecule has 1 nitrogen and oxygen atoms in total. The predicted molar refractivity (Wildman–Crippen MR) is 207 cm³/mol. The lowest BCUT2D eigenvalue weighted by Gasteiger charge is -2.26. The molecule has 6 aromatic rings. The van der Waals surface area contributed by atoms with Crippen LogP contribution >= 0.6 is 0 Å². The number of nitrogens with zero attached hydrogens (tertiary/aromatic N) is 1. The van der Waals surface area contributed by atoms with Gasteiger partial charge in [-0.2, -0.15) is 0 Å². The van der Waals surface area contributed by atoms with Gasteiger partial charge in [0.05, 0.1) is 0 Å². The highest BCUT2D eigenvalue weighted by Crippen LogP contribution is 2.46. The molecule has 1 aromatic heterocycles. The smallest absolute Gasteiger partial charge is 0.0273 e. The molecule has 0 fully saturated rings. The molecule has 2 aliphatic rings. The highest BCUT2D eigenvalue weighted by atomic mass is 14.6. The maximum Gasteiger partial charge on any atom is 0.0273 e. The third-order valence-corrected chi connectivity index (χ3v) is 10.2. The van der Waals surface area contributed by atoms with Crippen LogP contribution in [0.3, 0.4) is 0 Å². The highest BCUT2D eigenvalue weighted by molar-refractivity contribution is 6.22. The molecule has 0 aliphatic heterocycles. The Morgan fingerprint density at radius 2 is 1.25 bits per heavy atom. The van der Waals surface area contributed by atoms with Gasteiger partial charge in [-0.25, -0.2) is 0 Å². The van der Waals surface area contributed by atoms with Crippen LogP contribution in [0.1, 0.15) is 43.4 Å². The van der Waals surface area contributed by atoms with Gasteiger partial charge in [-0.05, 0) is 97.3 Å². The van der Waals surface area contributed by atoms with Gasteiger partial charge in [-0.1, -0.05) is 152 Å². The second-order valence-corrected chi connectivity index (χ2v) is 13.1. The average molecular weight is 618 g/mol. The summed E-state index contributed by atoms with van der Waals surface area (Å²) in [7, 11) is 0. The minimum atomic E-state index is 0.180. The van der Waals surface area contributed by atoms with Gasteiger partial charge in [-0.15, -0.1) is 0 Å². The van der Waals surface area contributed by atoms with E-state index in [1.165, 1.54) is 76.9 Å². The van der Waals surface area contributed by atoms with Crippen molar-refractivity contribution >= 4 is 43.5 Å².